The van der Waals surface area contributed by atoms with E-state index in [0.29, 0.717) is 15.1 Å². The fourth-order valence-corrected chi connectivity index (χ4v) is 1.39. The van der Waals surface area contributed by atoms with Crippen molar-refractivity contribution in [2.75, 3.05) is 0 Å². The third kappa shape index (κ3) is 1.56. The zero-order valence-corrected chi connectivity index (χ0v) is 8.39. The Hall–Kier alpha value is -0.680. The van der Waals surface area contributed by atoms with Crippen LogP contribution in [0.3, 0.4) is 0 Å². The van der Waals surface area contributed by atoms with Crippen LogP contribution in [0.5, 0.6) is 0 Å². The molecule has 1 rings (SSSR count). The van der Waals surface area contributed by atoms with Crippen molar-refractivity contribution < 1.29 is 4.92 Å². The largest absolute Gasteiger partial charge is 0.378 e. The van der Waals surface area contributed by atoms with Crippen LogP contribution in [0.25, 0.3) is 0 Å². The van der Waals surface area contributed by atoms with Crippen LogP contribution in [0.1, 0.15) is 5.56 Å². The molecule has 0 N–H and O–H groups in total. The molecule has 0 saturated heterocycles. The van der Waals surface area contributed by atoms with E-state index in [-0.39, 0.29) is 5.82 Å². The highest BCUT2D eigenvalue weighted by atomic mass is 79.9. The summed E-state index contributed by atoms with van der Waals surface area (Å²) in [5, 5.41) is 10.8. The Morgan fingerprint density at radius 2 is 2.33 bits per heavy atom. The monoisotopic (exact) mass is 250 g/mol. The number of nitro groups is 1. The first-order chi connectivity index (χ1) is 5.54. The average Bonchev–Trinajstić information content (AvgIpc) is 2.00. The SMILES string of the molecule is Cc1c(Cl)cnc([N+](=O)[O-])c1Br. The quantitative estimate of drug-likeness (QED) is 0.569. The summed E-state index contributed by atoms with van der Waals surface area (Å²) in [7, 11) is 0. The Labute approximate surface area is 81.8 Å². The Morgan fingerprint density at radius 3 is 2.83 bits per heavy atom. The van der Waals surface area contributed by atoms with Crippen LogP contribution in [0.4, 0.5) is 5.82 Å². The topological polar surface area (TPSA) is 56.0 Å². The summed E-state index contributed by atoms with van der Waals surface area (Å²) in [5.41, 5.74) is 0.623. The molecule has 0 aliphatic rings. The molecule has 1 aromatic rings. The highest BCUT2D eigenvalue weighted by molar-refractivity contribution is 9.10. The van der Waals surface area contributed by atoms with E-state index in [4.69, 9.17) is 11.6 Å². The molecule has 0 atom stereocenters. The van der Waals surface area contributed by atoms with Gasteiger partial charge in [-0.15, -0.1) is 0 Å². The van der Waals surface area contributed by atoms with Crippen LogP contribution in [-0.4, -0.2) is 9.91 Å². The normalized spacial score (nSPS) is 9.92. The van der Waals surface area contributed by atoms with Gasteiger partial charge in [0.2, 0.25) is 0 Å². The second kappa shape index (κ2) is 3.37. The molecular formula is C6H4BrClN2O2. The van der Waals surface area contributed by atoms with Gasteiger partial charge in [-0.3, -0.25) is 0 Å². The van der Waals surface area contributed by atoms with E-state index in [0.717, 1.165) is 0 Å². The second-order valence-corrected chi connectivity index (χ2v) is 3.33. The molecule has 0 radical (unpaired) electrons. The third-order valence-corrected chi connectivity index (χ3v) is 2.69. The highest BCUT2D eigenvalue weighted by Gasteiger charge is 2.17. The number of halogens is 2. The summed E-state index contributed by atoms with van der Waals surface area (Å²) in [6.07, 6.45) is 1.26. The molecule has 0 fully saturated rings. The number of nitrogens with zero attached hydrogens (tertiary/aromatic N) is 2. The third-order valence-electron chi connectivity index (χ3n) is 1.36. The average molecular weight is 251 g/mol. The number of pyridine rings is 1. The van der Waals surface area contributed by atoms with E-state index in [1.165, 1.54) is 6.20 Å². The second-order valence-electron chi connectivity index (χ2n) is 2.13. The van der Waals surface area contributed by atoms with Crippen molar-refractivity contribution in [1.82, 2.24) is 4.98 Å². The summed E-state index contributed by atoms with van der Waals surface area (Å²) in [6, 6.07) is 0. The highest BCUT2D eigenvalue weighted by Crippen LogP contribution is 2.29. The Kier molecular flexibility index (Phi) is 2.64. The lowest BCUT2D eigenvalue weighted by Gasteiger charge is -1.99. The number of aromatic nitrogens is 1. The van der Waals surface area contributed by atoms with Gasteiger partial charge >= 0.3 is 5.82 Å². The molecular weight excluding hydrogens is 247 g/mol. The van der Waals surface area contributed by atoms with E-state index >= 15 is 0 Å². The van der Waals surface area contributed by atoms with Crippen molar-refractivity contribution in [2.24, 2.45) is 0 Å². The fourth-order valence-electron chi connectivity index (χ4n) is 0.671. The van der Waals surface area contributed by atoms with Gasteiger partial charge in [-0.05, 0) is 38.3 Å². The van der Waals surface area contributed by atoms with Gasteiger partial charge in [0.15, 0.2) is 6.20 Å². The van der Waals surface area contributed by atoms with Gasteiger partial charge < -0.3 is 10.1 Å². The van der Waals surface area contributed by atoms with E-state index in [1.54, 1.807) is 6.92 Å². The molecule has 4 nitrogen and oxygen atoms in total. The minimum absolute atomic E-state index is 0.211. The Bertz CT molecular complexity index is 343. The molecule has 0 bridgehead atoms. The Morgan fingerprint density at radius 1 is 1.75 bits per heavy atom. The summed E-state index contributed by atoms with van der Waals surface area (Å²) in [6.45, 7) is 1.68. The zero-order chi connectivity index (χ0) is 9.30. The molecule has 1 aromatic heterocycles. The van der Waals surface area contributed by atoms with Crippen LogP contribution in [0.15, 0.2) is 10.7 Å². The first kappa shape index (κ1) is 9.41. The number of hydrogen-bond donors (Lipinski definition) is 0. The van der Waals surface area contributed by atoms with Gasteiger partial charge in [-0.2, -0.15) is 0 Å². The maximum Gasteiger partial charge on any atom is 0.378 e. The van der Waals surface area contributed by atoms with Crippen LogP contribution in [0.2, 0.25) is 5.02 Å². The summed E-state index contributed by atoms with van der Waals surface area (Å²) >= 11 is 8.72. The zero-order valence-electron chi connectivity index (χ0n) is 6.04. The fraction of sp³-hybridized carbons (Fsp3) is 0.167. The van der Waals surface area contributed by atoms with Crippen molar-refractivity contribution in [3.05, 3.63) is 31.4 Å². The minimum atomic E-state index is -0.562. The predicted molar refractivity (Wildman–Crippen MR) is 48.3 cm³/mol. The van der Waals surface area contributed by atoms with Gasteiger partial charge in [-0.1, -0.05) is 11.6 Å². The van der Waals surface area contributed by atoms with Gasteiger partial charge in [0, 0.05) is 0 Å². The van der Waals surface area contributed by atoms with Gasteiger partial charge in [-0.25, -0.2) is 0 Å². The first-order valence-electron chi connectivity index (χ1n) is 2.99. The molecule has 12 heavy (non-hydrogen) atoms. The molecule has 0 unspecified atom stereocenters. The summed E-state index contributed by atoms with van der Waals surface area (Å²) < 4.78 is 0.333. The van der Waals surface area contributed by atoms with E-state index in [2.05, 4.69) is 20.9 Å². The maximum atomic E-state index is 10.4. The molecule has 6 heteroatoms. The van der Waals surface area contributed by atoms with Crippen molar-refractivity contribution >= 4 is 33.3 Å². The number of hydrogen-bond acceptors (Lipinski definition) is 3. The molecule has 0 spiro atoms. The van der Waals surface area contributed by atoms with Crippen LogP contribution in [0, 0.1) is 17.0 Å². The van der Waals surface area contributed by atoms with E-state index < -0.39 is 4.92 Å². The van der Waals surface area contributed by atoms with Gasteiger partial charge in [0.1, 0.15) is 4.47 Å². The van der Waals surface area contributed by atoms with Crippen LogP contribution < -0.4 is 0 Å². The smallest absolute Gasteiger partial charge is 0.358 e. The molecule has 0 amide bonds. The Balaban J connectivity index is 3.36. The van der Waals surface area contributed by atoms with Crippen LogP contribution in [-0.2, 0) is 0 Å². The molecule has 0 aliphatic heterocycles. The van der Waals surface area contributed by atoms with Crippen LogP contribution >= 0.6 is 27.5 Å². The van der Waals surface area contributed by atoms with E-state index in [9.17, 15) is 10.1 Å². The van der Waals surface area contributed by atoms with Gasteiger partial charge in [0.25, 0.3) is 0 Å². The van der Waals surface area contributed by atoms with Crippen molar-refractivity contribution in [3.63, 3.8) is 0 Å². The lowest BCUT2D eigenvalue weighted by Crippen LogP contribution is -1.94. The van der Waals surface area contributed by atoms with Crippen molar-refractivity contribution in [3.8, 4) is 0 Å². The maximum absolute atomic E-state index is 10.4. The predicted octanol–water partition coefficient (Wildman–Crippen LogP) is 2.71. The van der Waals surface area contributed by atoms with Gasteiger partial charge in [0.05, 0.1) is 5.02 Å². The summed E-state index contributed by atoms with van der Waals surface area (Å²) in [5.74, 6) is -0.211. The molecule has 64 valence electrons. The number of rotatable bonds is 1. The minimum Gasteiger partial charge on any atom is -0.358 e. The van der Waals surface area contributed by atoms with Crippen molar-refractivity contribution in [2.45, 2.75) is 6.92 Å². The lowest BCUT2D eigenvalue weighted by molar-refractivity contribution is -0.390. The first-order valence-corrected chi connectivity index (χ1v) is 4.16. The molecule has 0 aromatic carbocycles. The van der Waals surface area contributed by atoms with Crippen molar-refractivity contribution in [1.29, 1.82) is 0 Å². The van der Waals surface area contributed by atoms with E-state index in [1.807, 2.05) is 0 Å². The molecule has 1 heterocycles. The summed E-state index contributed by atoms with van der Waals surface area (Å²) in [4.78, 5) is 13.4. The standard InChI is InChI=1S/C6H4BrClN2O2/c1-3-4(8)2-9-6(5(3)7)10(11)12/h2H,1H3. The lowest BCUT2D eigenvalue weighted by atomic mass is 10.3. The molecule has 0 aliphatic carbocycles. The molecule has 0 saturated carbocycles.